The second-order valence-electron chi connectivity index (χ2n) is 6.86. The summed E-state index contributed by atoms with van der Waals surface area (Å²) in [6, 6.07) is 4.02. The smallest absolute Gasteiger partial charge is 0.330 e. The van der Waals surface area contributed by atoms with Crippen molar-refractivity contribution in [2.24, 2.45) is 14.1 Å². The fourth-order valence-corrected chi connectivity index (χ4v) is 4.14. The maximum Gasteiger partial charge on any atom is 0.330 e. The minimum Gasteiger partial charge on any atom is -0.343 e. The van der Waals surface area contributed by atoms with Gasteiger partial charge < -0.3 is 4.90 Å². The van der Waals surface area contributed by atoms with E-state index in [0.29, 0.717) is 18.6 Å². The first-order chi connectivity index (χ1) is 13.6. The Kier molecular flexibility index (Phi) is 7.37. The van der Waals surface area contributed by atoms with Crippen molar-refractivity contribution in [3.8, 4) is 0 Å². The maximum absolute atomic E-state index is 12.6. The molecule has 1 N–H and O–H groups in total. The van der Waals surface area contributed by atoms with Crippen LogP contribution in [0.2, 0.25) is 0 Å². The summed E-state index contributed by atoms with van der Waals surface area (Å²) >= 11 is 0. The normalized spacial score (nSPS) is 11.7. The van der Waals surface area contributed by atoms with Gasteiger partial charge in [0.25, 0.3) is 5.56 Å². The first-order valence-corrected chi connectivity index (χ1v) is 11.1. The van der Waals surface area contributed by atoms with Crippen molar-refractivity contribution >= 4 is 26.8 Å². The van der Waals surface area contributed by atoms with Gasteiger partial charge in [-0.3, -0.25) is 18.7 Å². The van der Waals surface area contributed by atoms with Crippen LogP contribution in [0.3, 0.4) is 0 Å². The van der Waals surface area contributed by atoms with E-state index in [-0.39, 0.29) is 29.2 Å². The number of aromatic nitrogens is 2. The summed E-state index contributed by atoms with van der Waals surface area (Å²) in [5.74, 6) is -0.106. The van der Waals surface area contributed by atoms with Crippen molar-refractivity contribution in [1.29, 1.82) is 0 Å². The number of benzene rings is 1. The number of rotatable bonds is 9. The Morgan fingerprint density at radius 1 is 1.14 bits per heavy atom. The highest BCUT2D eigenvalue weighted by Crippen LogP contribution is 2.15. The molecule has 1 amide bonds. The van der Waals surface area contributed by atoms with Gasteiger partial charge in [0, 0.05) is 40.2 Å². The van der Waals surface area contributed by atoms with E-state index in [1.54, 1.807) is 4.90 Å². The standard InChI is InChI=1S/C19H28N4O5S/c1-5-7-12-23(6-2)17(24)10-11-20-29(27,28)14-8-9-16-15(13-14)18(25)22(4)19(26)21(16)3/h8-9,13,20H,5-7,10-12H2,1-4H3. The molecule has 9 nitrogen and oxygen atoms in total. The zero-order chi connectivity index (χ0) is 21.8. The van der Waals surface area contributed by atoms with Gasteiger partial charge in [0.1, 0.15) is 0 Å². The molecule has 29 heavy (non-hydrogen) atoms. The average Bonchev–Trinajstić information content (AvgIpc) is 2.70. The maximum atomic E-state index is 12.6. The third-order valence-electron chi connectivity index (χ3n) is 4.90. The molecule has 0 atom stereocenters. The number of hydrogen-bond donors (Lipinski definition) is 1. The molecule has 0 aliphatic rings. The van der Waals surface area contributed by atoms with Crippen LogP contribution in [0.4, 0.5) is 0 Å². The Balaban J connectivity index is 2.19. The number of sulfonamides is 1. The Morgan fingerprint density at radius 3 is 2.45 bits per heavy atom. The summed E-state index contributed by atoms with van der Waals surface area (Å²) in [5.41, 5.74) is -0.704. The zero-order valence-corrected chi connectivity index (χ0v) is 18.1. The summed E-state index contributed by atoms with van der Waals surface area (Å²) in [6.07, 6.45) is 1.93. The molecule has 0 saturated heterocycles. The van der Waals surface area contributed by atoms with Crippen molar-refractivity contribution in [1.82, 2.24) is 18.8 Å². The minimum atomic E-state index is -3.91. The van der Waals surface area contributed by atoms with Gasteiger partial charge in [-0.2, -0.15) is 0 Å². The SMILES string of the molecule is CCCCN(CC)C(=O)CCNS(=O)(=O)c1ccc2c(c1)c(=O)n(C)c(=O)n2C. The lowest BCUT2D eigenvalue weighted by Gasteiger charge is -2.20. The molecule has 0 bridgehead atoms. The Bertz CT molecular complexity index is 1120. The van der Waals surface area contributed by atoms with Gasteiger partial charge in [-0.15, -0.1) is 0 Å². The van der Waals surface area contributed by atoms with Crippen LogP contribution in [0.1, 0.15) is 33.1 Å². The molecular formula is C19H28N4O5S. The van der Waals surface area contributed by atoms with E-state index >= 15 is 0 Å². The lowest BCUT2D eigenvalue weighted by Crippen LogP contribution is -2.37. The Morgan fingerprint density at radius 2 is 1.83 bits per heavy atom. The highest BCUT2D eigenvalue weighted by Gasteiger charge is 2.18. The van der Waals surface area contributed by atoms with Gasteiger partial charge in [0.2, 0.25) is 15.9 Å². The van der Waals surface area contributed by atoms with E-state index in [0.717, 1.165) is 17.4 Å². The van der Waals surface area contributed by atoms with E-state index in [4.69, 9.17) is 0 Å². The molecule has 0 saturated carbocycles. The molecule has 2 rings (SSSR count). The van der Waals surface area contributed by atoms with Crippen LogP contribution in [0, 0.1) is 0 Å². The van der Waals surface area contributed by atoms with Crippen molar-refractivity contribution < 1.29 is 13.2 Å². The number of aryl methyl sites for hydroxylation is 1. The first-order valence-electron chi connectivity index (χ1n) is 9.61. The van der Waals surface area contributed by atoms with Crippen LogP contribution in [0.15, 0.2) is 32.7 Å². The summed E-state index contributed by atoms with van der Waals surface area (Å²) in [6.45, 7) is 5.14. The predicted octanol–water partition coefficient (Wildman–Crippen LogP) is 0.554. The number of nitrogens with one attached hydrogen (secondary N) is 1. The van der Waals surface area contributed by atoms with Crippen LogP contribution in [0.5, 0.6) is 0 Å². The highest BCUT2D eigenvalue weighted by atomic mass is 32.2. The molecule has 0 aliphatic heterocycles. The topological polar surface area (TPSA) is 110 Å². The molecule has 1 aromatic heterocycles. The van der Waals surface area contributed by atoms with E-state index in [9.17, 15) is 22.8 Å². The van der Waals surface area contributed by atoms with E-state index < -0.39 is 21.3 Å². The third kappa shape index (κ3) is 4.94. The average molecular weight is 425 g/mol. The van der Waals surface area contributed by atoms with Gasteiger partial charge in [-0.25, -0.2) is 17.9 Å². The van der Waals surface area contributed by atoms with Gasteiger partial charge >= 0.3 is 5.69 Å². The summed E-state index contributed by atoms with van der Waals surface area (Å²) in [7, 11) is -1.05. The molecular weight excluding hydrogens is 396 g/mol. The fourth-order valence-electron chi connectivity index (χ4n) is 3.08. The molecule has 160 valence electrons. The first kappa shape index (κ1) is 22.8. The molecule has 0 aliphatic carbocycles. The van der Waals surface area contributed by atoms with Crippen molar-refractivity contribution in [2.45, 2.75) is 38.0 Å². The molecule has 0 fully saturated rings. The van der Waals surface area contributed by atoms with Gasteiger partial charge in [-0.1, -0.05) is 13.3 Å². The number of carbonyl (C=O) groups is 1. The van der Waals surface area contributed by atoms with Crippen molar-refractivity contribution in [3.05, 3.63) is 39.0 Å². The number of amides is 1. The van der Waals surface area contributed by atoms with E-state index in [1.807, 2.05) is 13.8 Å². The summed E-state index contributed by atoms with van der Waals surface area (Å²) in [5, 5.41) is 0.130. The molecule has 2 aromatic rings. The molecule has 0 unspecified atom stereocenters. The Hall–Kier alpha value is -2.46. The Labute approximate surface area is 170 Å². The van der Waals surface area contributed by atoms with Crippen molar-refractivity contribution in [3.63, 3.8) is 0 Å². The number of fused-ring (bicyclic) bond motifs is 1. The predicted molar refractivity (Wildman–Crippen MR) is 111 cm³/mol. The number of carbonyl (C=O) groups excluding carboxylic acids is 1. The monoisotopic (exact) mass is 424 g/mol. The molecule has 0 radical (unpaired) electrons. The lowest BCUT2D eigenvalue weighted by molar-refractivity contribution is -0.130. The fraction of sp³-hybridized carbons (Fsp3) is 0.526. The van der Waals surface area contributed by atoms with Crippen LogP contribution in [-0.2, 0) is 28.9 Å². The van der Waals surface area contributed by atoms with Crippen LogP contribution < -0.4 is 16.0 Å². The van der Waals surface area contributed by atoms with Crippen LogP contribution in [-0.4, -0.2) is 48.0 Å². The summed E-state index contributed by atoms with van der Waals surface area (Å²) < 4.78 is 29.8. The summed E-state index contributed by atoms with van der Waals surface area (Å²) in [4.78, 5) is 38.2. The highest BCUT2D eigenvalue weighted by molar-refractivity contribution is 7.89. The van der Waals surface area contributed by atoms with Gasteiger partial charge in [-0.05, 0) is 31.5 Å². The largest absolute Gasteiger partial charge is 0.343 e. The van der Waals surface area contributed by atoms with Crippen molar-refractivity contribution in [2.75, 3.05) is 19.6 Å². The van der Waals surface area contributed by atoms with Gasteiger partial charge in [0.05, 0.1) is 15.8 Å². The molecule has 0 spiro atoms. The number of hydrogen-bond acceptors (Lipinski definition) is 5. The lowest BCUT2D eigenvalue weighted by atomic mass is 10.2. The molecule has 10 heteroatoms. The van der Waals surface area contributed by atoms with E-state index in [2.05, 4.69) is 4.72 Å². The zero-order valence-electron chi connectivity index (χ0n) is 17.3. The van der Waals surface area contributed by atoms with E-state index in [1.165, 1.54) is 36.9 Å². The second kappa shape index (κ2) is 9.36. The number of unbranched alkanes of at least 4 members (excludes halogenated alkanes) is 1. The minimum absolute atomic E-state index is 0.0346. The second-order valence-corrected chi connectivity index (χ2v) is 8.63. The van der Waals surface area contributed by atoms with Crippen LogP contribution >= 0.6 is 0 Å². The quantitative estimate of drug-likeness (QED) is 0.632. The molecule has 1 heterocycles. The molecule has 1 aromatic carbocycles. The van der Waals surface area contributed by atoms with Crippen LogP contribution in [0.25, 0.3) is 10.9 Å². The van der Waals surface area contributed by atoms with Gasteiger partial charge in [0.15, 0.2) is 0 Å². The number of nitrogens with zero attached hydrogens (tertiary/aromatic N) is 3. The third-order valence-corrected chi connectivity index (χ3v) is 6.35.